The number of carbonyl (C=O) groups excluding carboxylic acids is 2. The number of anilines is 1. The van der Waals surface area contributed by atoms with Gasteiger partial charge in [-0.3, -0.25) is 24.3 Å². The summed E-state index contributed by atoms with van der Waals surface area (Å²) in [4.78, 5) is 48.3. The van der Waals surface area contributed by atoms with E-state index < -0.39 is 17.4 Å². The van der Waals surface area contributed by atoms with Crippen molar-refractivity contribution in [2.75, 3.05) is 4.90 Å². The van der Waals surface area contributed by atoms with Gasteiger partial charge in [-0.25, -0.2) is 9.88 Å². The van der Waals surface area contributed by atoms with Crippen molar-refractivity contribution in [3.05, 3.63) is 101 Å². The predicted octanol–water partition coefficient (Wildman–Crippen LogP) is 3.38. The van der Waals surface area contributed by atoms with E-state index in [4.69, 9.17) is 4.98 Å². The molecule has 3 aromatic carbocycles. The first-order valence-electron chi connectivity index (χ1n) is 12.3. The number of hydrogen-bond acceptors (Lipinski definition) is 5. The molecule has 0 unspecified atom stereocenters. The number of imide groups is 1. The van der Waals surface area contributed by atoms with E-state index in [2.05, 4.69) is 19.2 Å². The van der Waals surface area contributed by atoms with Crippen LogP contribution in [0.1, 0.15) is 25.2 Å². The Bertz CT molecular complexity index is 1640. The number of carbonyl (C=O) groups is 2. The third-order valence-corrected chi connectivity index (χ3v) is 8.03. The Morgan fingerprint density at radius 2 is 1.56 bits per heavy atom. The smallest absolute Gasteiger partial charge is 0.266 e. The van der Waals surface area contributed by atoms with Gasteiger partial charge in [-0.1, -0.05) is 62.4 Å². The fourth-order valence-electron chi connectivity index (χ4n) is 6.56. The summed E-state index contributed by atoms with van der Waals surface area (Å²) < 4.78 is 1.63. The van der Waals surface area contributed by atoms with Crippen molar-refractivity contribution in [1.29, 1.82) is 0 Å². The maximum absolute atomic E-state index is 14.2. The van der Waals surface area contributed by atoms with Gasteiger partial charge in [-0.15, -0.1) is 0 Å². The highest BCUT2D eigenvalue weighted by molar-refractivity contribution is 6.23. The van der Waals surface area contributed by atoms with Crippen LogP contribution >= 0.6 is 0 Å². The van der Waals surface area contributed by atoms with Crippen LogP contribution in [0.2, 0.25) is 0 Å². The standard InChI is InChI=1S/C29H24N4O3/c1-16(2)24-22-23(27(36)32(26(22)35)17-10-4-3-5-11-17)29(31-24)19-13-7-9-15-21(19)33-25(34)18-12-6-8-14-20(18)30-28(29)33/h3-16,22-24,31H,1-2H3/t22-,23+,24-,29-/m0/s1. The lowest BCUT2D eigenvalue weighted by atomic mass is 9.75. The van der Waals surface area contributed by atoms with E-state index in [1.807, 2.05) is 60.7 Å². The summed E-state index contributed by atoms with van der Waals surface area (Å²) in [6.45, 7) is 4.11. The summed E-state index contributed by atoms with van der Waals surface area (Å²) in [6.07, 6.45) is 0. The largest absolute Gasteiger partial charge is 0.296 e. The van der Waals surface area contributed by atoms with Crippen molar-refractivity contribution >= 4 is 28.4 Å². The maximum Gasteiger partial charge on any atom is 0.266 e. The van der Waals surface area contributed by atoms with E-state index in [0.29, 0.717) is 28.1 Å². The topological polar surface area (TPSA) is 84.3 Å². The lowest BCUT2D eigenvalue weighted by molar-refractivity contribution is -0.123. The van der Waals surface area contributed by atoms with Gasteiger partial charge in [-0.2, -0.15) is 0 Å². The molecule has 0 saturated carbocycles. The number of rotatable bonds is 2. The zero-order chi connectivity index (χ0) is 24.8. The van der Waals surface area contributed by atoms with Crippen LogP contribution in [0.3, 0.4) is 0 Å². The number of fused-ring (bicyclic) bond motifs is 8. The molecule has 36 heavy (non-hydrogen) atoms. The Kier molecular flexibility index (Phi) is 4.25. The SMILES string of the molecule is CC(C)[C@@H]1N[C@@]2(c3ccccc3-n3c2nc2ccccc2c3=O)[C@H]2C(=O)N(c3ccccc3)C(=O)[C@H]12. The molecule has 0 aliphatic carbocycles. The van der Waals surface area contributed by atoms with Crippen LogP contribution in [0, 0.1) is 17.8 Å². The Morgan fingerprint density at radius 3 is 2.33 bits per heavy atom. The van der Waals surface area contributed by atoms with Gasteiger partial charge in [0, 0.05) is 11.6 Å². The van der Waals surface area contributed by atoms with Crippen LogP contribution in [0.25, 0.3) is 16.6 Å². The molecule has 2 fully saturated rings. The molecule has 1 aromatic heterocycles. The fourth-order valence-corrected chi connectivity index (χ4v) is 6.56. The molecular formula is C29H24N4O3. The molecule has 2 saturated heterocycles. The molecule has 7 nitrogen and oxygen atoms in total. The van der Waals surface area contributed by atoms with E-state index in [1.54, 1.807) is 22.8 Å². The Labute approximate surface area is 207 Å². The van der Waals surface area contributed by atoms with Gasteiger partial charge < -0.3 is 0 Å². The molecule has 3 aliphatic rings. The summed E-state index contributed by atoms with van der Waals surface area (Å²) in [5.74, 6) is -1.25. The summed E-state index contributed by atoms with van der Waals surface area (Å²) in [7, 11) is 0. The fraction of sp³-hybridized carbons (Fsp3) is 0.241. The minimum Gasteiger partial charge on any atom is -0.296 e. The third kappa shape index (κ3) is 2.45. The molecule has 0 radical (unpaired) electrons. The highest BCUT2D eigenvalue weighted by Gasteiger charge is 2.70. The number of benzene rings is 3. The van der Waals surface area contributed by atoms with Gasteiger partial charge in [0.1, 0.15) is 11.4 Å². The minimum atomic E-state index is -1.10. The van der Waals surface area contributed by atoms with E-state index in [-0.39, 0.29) is 29.3 Å². The maximum atomic E-state index is 14.2. The van der Waals surface area contributed by atoms with Gasteiger partial charge in [0.2, 0.25) is 11.8 Å². The highest BCUT2D eigenvalue weighted by Crippen LogP contribution is 2.56. The van der Waals surface area contributed by atoms with Crippen LogP contribution in [0.5, 0.6) is 0 Å². The zero-order valence-electron chi connectivity index (χ0n) is 19.9. The van der Waals surface area contributed by atoms with Gasteiger partial charge in [-0.05, 0) is 36.2 Å². The van der Waals surface area contributed by atoms with Gasteiger partial charge in [0.15, 0.2) is 0 Å². The monoisotopic (exact) mass is 476 g/mol. The van der Waals surface area contributed by atoms with E-state index in [0.717, 1.165) is 5.56 Å². The van der Waals surface area contributed by atoms with Crippen molar-refractivity contribution in [3.8, 4) is 5.69 Å². The molecule has 0 bridgehead atoms. The van der Waals surface area contributed by atoms with Crippen molar-refractivity contribution in [3.63, 3.8) is 0 Å². The van der Waals surface area contributed by atoms with E-state index in [9.17, 15) is 14.4 Å². The Balaban J connectivity index is 1.55. The summed E-state index contributed by atoms with van der Waals surface area (Å²) in [5.41, 5.74) is 1.36. The average Bonchev–Trinajstić information content (AvgIpc) is 3.48. The molecule has 7 rings (SSSR count). The second-order valence-corrected chi connectivity index (χ2v) is 10.2. The first kappa shape index (κ1) is 21.2. The van der Waals surface area contributed by atoms with Crippen LogP contribution in [-0.2, 0) is 15.1 Å². The molecule has 1 N–H and O–H groups in total. The number of nitrogens with one attached hydrogen (secondary N) is 1. The van der Waals surface area contributed by atoms with Crippen LogP contribution in [0.4, 0.5) is 5.69 Å². The quantitative estimate of drug-likeness (QED) is 0.449. The molecular weight excluding hydrogens is 452 g/mol. The summed E-state index contributed by atoms with van der Waals surface area (Å²) in [5, 5.41) is 4.23. The van der Waals surface area contributed by atoms with Crippen molar-refractivity contribution in [2.24, 2.45) is 17.8 Å². The van der Waals surface area contributed by atoms with Gasteiger partial charge in [0.25, 0.3) is 5.56 Å². The summed E-state index contributed by atoms with van der Waals surface area (Å²) >= 11 is 0. The van der Waals surface area contributed by atoms with E-state index >= 15 is 0 Å². The number of para-hydroxylation sites is 3. The first-order chi connectivity index (χ1) is 17.4. The lowest BCUT2D eigenvalue weighted by Crippen LogP contribution is -2.51. The third-order valence-electron chi connectivity index (χ3n) is 8.03. The normalized spacial score (nSPS) is 26.2. The molecule has 4 heterocycles. The second-order valence-electron chi connectivity index (χ2n) is 10.2. The number of nitrogens with zero attached hydrogens (tertiary/aromatic N) is 3. The van der Waals surface area contributed by atoms with Crippen molar-refractivity contribution in [1.82, 2.24) is 14.9 Å². The molecule has 4 atom stereocenters. The molecule has 4 aromatic rings. The van der Waals surface area contributed by atoms with Crippen LogP contribution < -0.4 is 15.8 Å². The van der Waals surface area contributed by atoms with Crippen molar-refractivity contribution < 1.29 is 9.59 Å². The second kappa shape index (κ2) is 7.21. The zero-order valence-corrected chi connectivity index (χ0v) is 19.9. The lowest BCUT2D eigenvalue weighted by Gasteiger charge is -2.32. The van der Waals surface area contributed by atoms with Gasteiger partial charge >= 0.3 is 0 Å². The molecule has 2 amide bonds. The number of amides is 2. The molecule has 7 heteroatoms. The van der Waals surface area contributed by atoms with Crippen LogP contribution in [0.15, 0.2) is 83.7 Å². The highest BCUT2D eigenvalue weighted by atomic mass is 16.2. The van der Waals surface area contributed by atoms with Crippen molar-refractivity contribution in [2.45, 2.75) is 25.4 Å². The van der Waals surface area contributed by atoms with E-state index in [1.165, 1.54) is 4.90 Å². The molecule has 178 valence electrons. The predicted molar refractivity (Wildman–Crippen MR) is 136 cm³/mol. The molecule has 3 aliphatic heterocycles. The van der Waals surface area contributed by atoms with Gasteiger partial charge in [0.05, 0.1) is 34.1 Å². The molecule has 1 spiro atoms. The number of hydrogen-bond donors (Lipinski definition) is 1. The first-order valence-corrected chi connectivity index (χ1v) is 12.3. The Morgan fingerprint density at radius 1 is 0.861 bits per heavy atom. The van der Waals surface area contributed by atoms with Crippen LogP contribution in [-0.4, -0.2) is 27.4 Å². The minimum absolute atomic E-state index is 0.0674. The Hall–Kier alpha value is -4.10. The number of aromatic nitrogens is 2. The average molecular weight is 477 g/mol. The summed E-state index contributed by atoms with van der Waals surface area (Å²) in [6, 6.07) is 23.7.